The van der Waals surface area contributed by atoms with Gasteiger partial charge in [0, 0.05) is 19.0 Å². The molecule has 4 heteroatoms. The van der Waals surface area contributed by atoms with E-state index in [9.17, 15) is 0 Å². The lowest BCUT2D eigenvalue weighted by Gasteiger charge is -2.24. The number of nitrogens with zero attached hydrogens (tertiary/aromatic N) is 2. The predicted molar refractivity (Wildman–Crippen MR) is 71.2 cm³/mol. The lowest BCUT2D eigenvalue weighted by atomic mass is 9.91. The van der Waals surface area contributed by atoms with Crippen LogP contribution in [0.1, 0.15) is 44.0 Å². The first-order chi connectivity index (χ1) is 7.95. The van der Waals surface area contributed by atoms with Gasteiger partial charge in [0.2, 0.25) is 0 Å². The summed E-state index contributed by atoms with van der Waals surface area (Å²) in [7, 11) is 1.95. The molecule has 1 aromatic rings. The van der Waals surface area contributed by atoms with Gasteiger partial charge in [-0.05, 0) is 32.1 Å². The standard InChI is InChI=1S/C13H22ClN3/c1-4-10-5-6-13(15,7-10)8-11-12(14)9(2)16-17(11)3/h10H,4-8,15H2,1-3H3. The Kier molecular flexibility index (Phi) is 3.50. The molecular formula is C13H22ClN3. The monoisotopic (exact) mass is 255 g/mol. The van der Waals surface area contributed by atoms with Crippen LogP contribution in [0.4, 0.5) is 0 Å². The van der Waals surface area contributed by atoms with Gasteiger partial charge >= 0.3 is 0 Å². The van der Waals surface area contributed by atoms with Gasteiger partial charge in [0.1, 0.15) is 0 Å². The summed E-state index contributed by atoms with van der Waals surface area (Å²) in [5.41, 5.74) is 8.41. The second-order valence-corrected chi connectivity index (χ2v) is 5.90. The first-order valence-electron chi connectivity index (χ1n) is 6.42. The van der Waals surface area contributed by atoms with Crippen molar-refractivity contribution in [1.29, 1.82) is 0 Å². The first kappa shape index (κ1) is 12.9. The maximum absolute atomic E-state index is 6.50. The zero-order valence-corrected chi connectivity index (χ0v) is 11.7. The molecular weight excluding hydrogens is 234 g/mol. The van der Waals surface area contributed by atoms with E-state index in [1.807, 2.05) is 18.7 Å². The van der Waals surface area contributed by atoms with E-state index in [-0.39, 0.29) is 5.54 Å². The van der Waals surface area contributed by atoms with Crippen LogP contribution in [0.3, 0.4) is 0 Å². The van der Waals surface area contributed by atoms with Crippen LogP contribution in [0.25, 0.3) is 0 Å². The molecule has 2 N–H and O–H groups in total. The van der Waals surface area contributed by atoms with Crippen LogP contribution in [0.2, 0.25) is 5.02 Å². The number of rotatable bonds is 3. The van der Waals surface area contributed by atoms with Crippen LogP contribution in [-0.2, 0) is 13.5 Å². The molecule has 0 radical (unpaired) electrons. The molecule has 0 bridgehead atoms. The number of halogens is 1. The molecule has 0 aromatic carbocycles. The van der Waals surface area contributed by atoms with Gasteiger partial charge < -0.3 is 5.73 Å². The van der Waals surface area contributed by atoms with Crippen LogP contribution in [-0.4, -0.2) is 15.3 Å². The lowest BCUT2D eigenvalue weighted by Crippen LogP contribution is -2.40. The smallest absolute Gasteiger partial charge is 0.0847 e. The highest BCUT2D eigenvalue weighted by molar-refractivity contribution is 6.31. The summed E-state index contributed by atoms with van der Waals surface area (Å²) in [6.45, 7) is 4.19. The molecule has 2 atom stereocenters. The van der Waals surface area contributed by atoms with Gasteiger partial charge in [0.25, 0.3) is 0 Å². The van der Waals surface area contributed by atoms with Crippen molar-refractivity contribution in [3.05, 3.63) is 16.4 Å². The average Bonchev–Trinajstić information content (AvgIpc) is 2.76. The van der Waals surface area contributed by atoms with Crippen LogP contribution in [0, 0.1) is 12.8 Å². The summed E-state index contributed by atoms with van der Waals surface area (Å²) in [5, 5.41) is 5.14. The molecule has 1 saturated carbocycles. The lowest BCUT2D eigenvalue weighted by molar-refractivity contribution is 0.397. The van der Waals surface area contributed by atoms with Gasteiger partial charge in [-0.25, -0.2) is 0 Å². The number of aryl methyl sites for hydroxylation is 2. The predicted octanol–water partition coefficient (Wildman–Crippen LogP) is 2.83. The third-order valence-corrected chi connectivity index (χ3v) is 4.60. The molecule has 2 unspecified atom stereocenters. The summed E-state index contributed by atoms with van der Waals surface area (Å²) >= 11 is 6.29. The fourth-order valence-electron chi connectivity index (χ4n) is 2.99. The summed E-state index contributed by atoms with van der Waals surface area (Å²) in [6, 6.07) is 0. The quantitative estimate of drug-likeness (QED) is 0.903. The van der Waals surface area contributed by atoms with Crippen molar-refractivity contribution in [1.82, 2.24) is 9.78 Å². The van der Waals surface area contributed by atoms with Gasteiger partial charge in [-0.2, -0.15) is 5.10 Å². The van der Waals surface area contributed by atoms with Crippen LogP contribution >= 0.6 is 11.6 Å². The largest absolute Gasteiger partial charge is 0.325 e. The normalized spacial score (nSPS) is 28.9. The maximum atomic E-state index is 6.50. The molecule has 1 aromatic heterocycles. The number of aromatic nitrogens is 2. The second kappa shape index (κ2) is 4.62. The topological polar surface area (TPSA) is 43.8 Å². The number of nitrogens with two attached hydrogens (primary N) is 1. The summed E-state index contributed by atoms with van der Waals surface area (Å²) in [5.74, 6) is 0.785. The Morgan fingerprint density at radius 3 is 2.76 bits per heavy atom. The first-order valence-corrected chi connectivity index (χ1v) is 6.80. The second-order valence-electron chi connectivity index (χ2n) is 5.53. The molecule has 1 heterocycles. The van der Waals surface area contributed by atoms with E-state index in [4.69, 9.17) is 17.3 Å². The molecule has 3 nitrogen and oxygen atoms in total. The molecule has 0 aliphatic heterocycles. The molecule has 0 saturated heterocycles. The van der Waals surface area contributed by atoms with Crippen molar-refractivity contribution in [3.8, 4) is 0 Å². The summed E-state index contributed by atoms with van der Waals surface area (Å²) in [6.07, 6.45) is 5.55. The zero-order chi connectivity index (χ0) is 12.6. The van der Waals surface area contributed by atoms with Crippen LogP contribution in [0.15, 0.2) is 0 Å². The third kappa shape index (κ3) is 2.50. The van der Waals surface area contributed by atoms with E-state index in [2.05, 4.69) is 12.0 Å². The van der Waals surface area contributed by atoms with Crippen molar-refractivity contribution in [2.75, 3.05) is 0 Å². The minimum absolute atomic E-state index is 0.0788. The van der Waals surface area contributed by atoms with Gasteiger partial charge in [0.15, 0.2) is 0 Å². The minimum Gasteiger partial charge on any atom is -0.325 e. The van der Waals surface area contributed by atoms with E-state index >= 15 is 0 Å². The summed E-state index contributed by atoms with van der Waals surface area (Å²) in [4.78, 5) is 0. The van der Waals surface area contributed by atoms with Crippen LogP contribution in [0.5, 0.6) is 0 Å². The van der Waals surface area contributed by atoms with Gasteiger partial charge in [-0.15, -0.1) is 0 Å². The molecule has 96 valence electrons. The highest BCUT2D eigenvalue weighted by Crippen LogP contribution is 2.38. The van der Waals surface area contributed by atoms with Crippen molar-refractivity contribution in [2.24, 2.45) is 18.7 Å². The Hall–Kier alpha value is -0.540. The van der Waals surface area contributed by atoms with Gasteiger partial charge in [-0.3, -0.25) is 4.68 Å². The van der Waals surface area contributed by atoms with Crippen molar-refractivity contribution >= 4 is 11.6 Å². The Balaban J connectivity index is 2.16. The molecule has 17 heavy (non-hydrogen) atoms. The van der Waals surface area contributed by atoms with Crippen molar-refractivity contribution < 1.29 is 0 Å². The number of hydrogen-bond acceptors (Lipinski definition) is 2. The Morgan fingerprint density at radius 2 is 2.29 bits per heavy atom. The summed E-state index contributed by atoms with van der Waals surface area (Å²) < 4.78 is 1.88. The molecule has 0 amide bonds. The van der Waals surface area contributed by atoms with E-state index in [0.29, 0.717) is 0 Å². The highest BCUT2D eigenvalue weighted by Gasteiger charge is 2.36. The molecule has 1 fully saturated rings. The van der Waals surface area contributed by atoms with Gasteiger partial charge in [-0.1, -0.05) is 24.9 Å². The van der Waals surface area contributed by atoms with Crippen molar-refractivity contribution in [2.45, 2.75) is 51.5 Å². The van der Waals surface area contributed by atoms with Crippen LogP contribution < -0.4 is 5.73 Å². The zero-order valence-electron chi connectivity index (χ0n) is 11.0. The van der Waals surface area contributed by atoms with E-state index in [1.165, 1.54) is 12.8 Å². The van der Waals surface area contributed by atoms with E-state index in [1.54, 1.807) is 0 Å². The molecule has 1 aliphatic carbocycles. The Labute approximate surface area is 108 Å². The fourth-order valence-corrected chi connectivity index (χ4v) is 3.21. The van der Waals surface area contributed by atoms with E-state index < -0.39 is 0 Å². The maximum Gasteiger partial charge on any atom is 0.0847 e. The molecule has 1 aliphatic rings. The fraction of sp³-hybridized carbons (Fsp3) is 0.769. The molecule has 0 spiro atoms. The Morgan fingerprint density at radius 1 is 1.59 bits per heavy atom. The SMILES string of the molecule is CCC1CCC(N)(Cc2c(Cl)c(C)nn2C)C1. The highest BCUT2D eigenvalue weighted by atomic mass is 35.5. The van der Waals surface area contributed by atoms with Gasteiger partial charge in [0.05, 0.1) is 16.4 Å². The molecule has 2 rings (SSSR count). The van der Waals surface area contributed by atoms with Crippen molar-refractivity contribution in [3.63, 3.8) is 0 Å². The number of hydrogen-bond donors (Lipinski definition) is 1. The van der Waals surface area contributed by atoms with E-state index in [0.717, 1.165) is 41.6 Å². The Bertz CT molecular complexity index is 413. The minimum atomic E-state index is -0.0788. The average molecular weight is 256 g/mol. The third-order valence-electron chi connectivity index (χ3n) is 4.10.